The lowest BCUT2D eigenvalue weighted by molar-refractivity contribution is -0.383. The number of carbonyl (C=O) groups is 1. The van der Waals surface area contributed by atoms with Crippen molar-refractivity contribution in [1.82, 2.24) is 5.32 Å². The molecule has 1 fully saturated rings. The molecule has 6 nitrogen and oxygen atoms in total. The average molecular weight is 298 g/mol. The molecule has 108 valence electrons. The summed E-state index contributed by atoms with van der Waals surface area (Å²) in [4.78, 5) is 22.4. The maximum atomic E-state index is 12.2. The lowest BCUT2D eigenvalue weighted by Gasteiger charge is -2.26. The number of halogens is 1. The minimum Gasteiger partial charge on any atom is -0.392 e. The first-order valence-corrected chi connectivity index (χ1v) is 6.66. The Kier molecular flexibility index (Phi) is 3.60. The van der Waals surface area contributed by atoms with Crippen molar-refractivity contribution in [3.8, 4) is 0 Å². The summed E-state index contributed by atoms with van der Waals surface area (Å²) in [5, 5.41) is 13.8. The smallest absolute Gasteiger partial charge is 0.294 e. The van der Waals surface area contributed by atoms with Crippen molar-refractivity contribution in [2.24, 2.45) is 5.92 Å². The van der Waals surface area contributed by atoms with Crippen LogP contribution in [0.15, 0.2) is 12.1 Å². The predicted octanol–water partition coefficient (Wildman–Crippen LogP) is 2.75. The first-order chi connectivity index (χ1) is 9.22. The molecule has 1 amide bonds. The van der Waals surface area contributed by atoms with Gasteiger partial charge in [-0.25, -0.2) is 0 Å². The largest absolute Gasteiger partial charge is 0.392 e. The number of nitro benzene ring substituents is 1. The number of rotatable bonds is 4. The number of nitrogens with one attached hydrogen (secondary N) is 1. The van der Waals surface area contributed by atoms with E-state index in [1.807, 2.05) is 13.8 Å². The van der Waals surface area contributed by atoms with Crippen LogP contribution in [0.1, 0.15) is 37.0 Å². The number of nitrogens with two attached hydrogens (primary N) is 1. The molecule has 0 heterocycles. The van der Waals surface area contributed by atoms with E-state index in [-0.39, 0.29) is 33.4 Å². The molecule has 0 bridgehead atoms. The van der Waals surface area contributed by atoms with E-state index in [1.165, 1.54) is 6.07 Å². The molecular formula is C13H16ClN3O3. The summed E-state index contributed by atoms with van der Waals surface area (Å²) in [5.74, 6) is 0.0672. The molecule has 1 aliphatic rings. The molecule has 2 rings (SSSR count). The van der Waals surface area contributed by atoms with Gasteiger partial charge in [-0.05, 0) is 38.7 Å². The minimum absolute atomic E-state index is 0.00794. The lowest BCUT2D eigenvalue weighted by atomic mass is 9.98. The van der Waals surface area contributed by atoms with Crippen LogP contribution in [0.25, 0.3) is 0 Å². The van der Waals surface area contributed by atoms with Crippen molar-refractivity contribution in [1.29, 1.82) is 0 Å². The number of nitrogen functional groups attached to an aromatic ring is 1. The van der Waals surface area contributed by atoms with E-state index in [0.29, 0.717) is 5.92 Å². The SMILES string of the molecule is CC(C)(NC(=O)c1cc(Cl)c(N)c([N+](=O)[O-])c1)C1CC1. The van der Waals surface area contributed by atoms with E-state index >= 15 is 0 Å². The van der Waals surface area contributed by atoms with Gasteiger partial charge in [0.25, 0.3) is 11.6 Å². The van der Waals surface area contributed by atoms with Gasteiger partial charge >= 0.3 is 0 Å². The van der Waals surface area contributed by atoms with Crippen LogP contribution in [0, 0.1) is 16.0 Å². The highest BCUT2D eigenvalue weighted by Crippen LogP contribution is 2.39. The summed E-state index contributed by atoms with van der Waals surface area (Å²) >= 11 is 5.84. The molecule has 3 N–H and O–H groups in total. The standard InChI is InChI=1S/C13H16ClN3O3/c1-13(2,8-3-4-8)16-12(18)7-5-9(14)11(15)10(6-7)17(19)20/h5-6,8H,3-4,15H2,1-2H3,(H,16,18). The Balaban J connectivity index is 2.28. The molecule has 0 aromatic heterocycles. The maximum Gasteiger partial charge on any atom is 0.294 e. The second-order valence-electron chi connectivity index (χ2n) is 5.60. The van der Waals surface area contributed by atoms with Gasteiger partial charge in [0.15, 0.2) is 0 Å². The van der Waals surface area contributed by atoms with Crippen LogP contribution in [0.3, 0.4) is 0 Å². The summed E-state index contributed by atoms with van der Waals surface area (Å²) in [6.45, 7) is 3.88. The van der Waals surface area contributed by atoms with Gasteiger partial charge in [-0.1, -0.05) is 11.6 Å². The van der Waals surface area contributed by atoms with Gasteiger partial charge < -0.3 is 11.1 Å². The zero-order chi connectivity index (χ0) is 15.1. The first kappa shape index (κ1) is 14.6. The van der Waals surface area contributed by atoms with Gasteiger partial charge in [-0.2, -0.15) is 0 Å². The number of benzene rings is 1. The fraction of sp³-hybridized carbons (Fsp3) is 0.462. The van der Waals surface area contributed by atoms with Gasteiger partial charge in [0.2, 0.25) is 0 Å². The highest BCUT2D eigenvalue weighted by molar-refractivity contribution is 6.34. The van der Waals surface area contributed by atoms with Gasteiger partial charge in [-0.15, -0.1) is 0 Å². The number of hydrogen-bond acceptors (Lipinski definition) is 4. The highest BCUT2D eigenvalue weighted by Gasteiger charge is 2.39. The molecule has 0 spiro atoms. The van der Waals surface area contributed by atoms with Crippen molar-refractivity contribution in [2.75, 3.05) is 5.73 Å². The Labute approximate surface area is 121 Å². The first-order valence-electron chi connectivity index (χ1n) is 6.28. The second kappa shape index (κ2) is 4.94. The zero-order valence-electron chi connectivity index (χ0n) is 11.3. The van der Waals surface area contributed by atoms with Crippen LogP contribution in [-0.2, 0) is 0 Å². The molecule has 0 radical (unpaired) electrons. The van der Waals surface area contributed by atoms with Crippen LogP contribution < -0.4 is 11.1 Å². The van der Waals surface area contributed by atoms with Crippen molar-refractivity contribution in [3.63, 3.8) is 0 Å². The second-order valence-corrected chi connectivity index (χ2v) is 6.01. The Morgan fingerprint density at radius 3 is 2.60 bits per heavy atom. The van der Waals surface area contributed by atoms with Crippen molar-refractivity contribution in [3.05, 3.63) is 32.8 Å². The Bertz CT molecular complexity index is 582. The molecule has 1 saturated carbocycles. The molecule has 0 saturated heterocycles. The quantitative estimate of drug-likeness (QED) is 0.507. The maximum absolute atomic E-state index is 12.2. The van der Waals surface area contributed by atoms with E-state index < -0.39 is 4.92 Å². The van der Waals surface area contributed by atoms with Crippen LogP contribution in [0.5, 0.6) is 0 Å². The number of carbonyl (C=O) groups excluding carboxylic acids is 1. The van der Waals surface area contributed by atoms with Crippen molar-refractivity contribution >= 4 is 28.9 Å². The monoisotopic (exact) mass is 297 g/mol. The van der Waals surface area contributed by atoms with E-state index in [1.54, 1.807) is 0 Å². The molecule has 1 aromatic rings. The summed E-state index contributed by atoms with van der Waals surface area (Å²) in [6.07, 6.45) is 2.16. The van der Waals surface area contributed by atoms with Gasteiger partial charge in [0.05, 0.1) is 9.95 Å². The molecule has 1 aromatic carbocycles. The Hall–Kier alpha value is -1.82. The van der Waals surface area contributed by atoms with Gasteiger partial charge in [-0.3, -0.25) is 14.9 Å². The summed E-state index contributed by atoms with van der Waals surface area (Å²) in [5.41, 5.74) is 4.86. The average Bonchev–Trinajstić information content (AvgIpc) is 3.15. The molecule has 20 heavy (non-hydrogen) atoms. The van der Waals surface area contributed by atoms with Crippen molar-refractivity contribution < 1.29 is 9.72 Å². The van der Waals surface area contributed by atoms with E-state index in [0.717, 1.165) is 18.9 Å². The van der Waals surface area contributed by atoms with Crippen molar-refractivity contribution in [2.45, 2.75) is 32.2 Å². The van der Waals surface area contributed by atoms with Crippen LogP contribution in [0.4, 0.5) is 11.4 Å². The number of amides is 1. The van der Waals surface area contributed by atoms with E-state index in [4.69, 9.17) is 17.3 Å². The third-order valence-corrected chi connectivity index (χ3v) is 3.91. The third-order valence-electron chi connectivity index (χ3n) is 3.60. The topological polar surface area (TPSA) is 98.3 Å². The minimum atomic E-state index is -0.649. The Morgan fingerprint density at radius 1 is 1.50 bits per heavy atom. The van der Waals surface area contributed by atoms with Crippen LogP contribution >= 0.6 is 11.6 Å². The number of anilines is 1. The molecule has 0 atom stereocenters. The molecule has 0 aliphatic heterocycles. The van der Waals surface area contributed by atoms with E-state index in [2.05, 4.69) is 5.32 Å². The number of nitrogens with zero attached hydrogens (tertiary/aromatic N) is 1. The van der Waals surface area contributed by atoms with E-state index in [9.17, 15) is 14.9 Å². The third kappa shape index (κ3) is 2.85. The predicted molar refractivity (Wildman–Crippen MR) is 76.8 cm³/mol. The highest BCUT2D eigenvalue weighted by atomic mass is 35.5. The number of hydrogen-bond donors (Lipinski definition) is 2. The van der Waals surface area contributed by atoms with Crippen LogP contribution in [0.2, 0.25) is 5.02 Å². The summed E-state index contributed by atoms with van der Waals surface area (Å²) in [6, 6.07) is 2.50. The lowest BCUT2D eigenvalue weighted by Crippen LogP contribution is -2.45. The summed E-state index contributed by atoms with van der Waals surface area (Å²) < 4.78 is 0. The molecule has 0 unspecified atom stereocenters. The van der Waals surface area contributed by atoms with Crippen LogP contribution in [-0.4, -0.2) is 16.4 Å². The zero-order valence-corrected chi connectivity index (χ0v) is 12.0. The fourth-order valence-electron chi connectivity index (χ4n) is 2.16. The summed E-state index contributed by atoms with van der Waals surface area (Å²) in [7, 11) is 0. The molecular weight excluding hydrogens is 282 g/mol. The fourth-order valence-corrected chi connectivity index (χ4v) is 2.37. The van der Waals surface area contributed by atoms with Gasteiger partial charge in [0, 0.05) is 17.2 Å². The molecule has 7 heteroatoms. The Morgan fingerprint density at radius 2 is 2.10 bits per heavy atom. The molecule has 1 aliphatic carbocycles. The normalized spacial score (nSPS) is 14.9. The van der Waals surface area contributed by atoms with Gasteiger partial charge in [0.1, 0.15) is 5.69 Å². The number of nitro groups is 1.